The van der Waals surface area contributed by atoms with E-state index in [1.54, 1.807) is 11.8 Å². The highest BCUT2D eigenvalue weighted by atomic mass is 32.2. The van der Waals surface area contributed by atoms with E-state index in [1.807, 2.05) is 0 Å². The molecule has 0 aromatic rings. The Bertz CT molecular complexity index is 313. The summed E-state index contributed by atoms with van der Waals surface area (Å²) < 4.78 is 0. The molecular weight excluding hydrogens is 326 g/mol. The monoisotopic (exact) mass is 361 g/mol. The first-order valence-electron chi connectivity index (χ1n) is 9.46. The van der Waals surface area contributed by atoms with Crippen LogP contribution in [-0.2, 0) is 0 Å². The number of aliphatic hydroxyl groups is 2. The topological polar surface area (TPSA) is 52.5 Å². The second-order valence-electron chi connectivity index (χ2n) is 7.46. The molecule has 2 saturated carbocycles. The molecule has 4 atom stereocenters. The fraction of sp³-hybridized carbons (Fsp3) is 1.00. The van der Waals surface area contributed by atoms with Crippen molar-refractivity contribution in [1.82, 2.24) is 5.32 Å². The standard InChI is InChI=1S/C18H35NO2S2/c20-17(11-22)18(21)12-23-13-19-9-3-4-14-7-8-16(10-14)15-5-1-2-6-15/h14-22H,1-13H2. The lowest BCUT2D eigenvalue weighted by atomic mass is 9.88. The summed E-state index contributed by atoms with van der Waals surface area (Å²) in [5.41, 5.74) is 0. The molecule has 23 heavy (non-hydrogen) atoms. The Morgan fingerprint density at radius 2 is 1.83 bits per heavy atom. The van der Waals surface area contributed by atoms with Gasteiger partial charge in [0, 0.05) is 17.4 Å². The van der Waals surface area contributed by atoms with Gasteiger partial charge in [-0.2, -0.15) is 12.6 Å². The predicted octanol–water partition coefficient (Wildman–Crippen LogP) is 3.31. The zero-order chi connectivity index (χ0) is 16.5. The number of thiol groups is 1. The fourth-order valence-corrected chi connectivity index (χ4v) is 5.42. The molecule has 2 rings (SSSR count). The van der Waals surface area contributed by atoms with E-state index in [-0.39, 0.29) is 0 Å². The third kappa shape index (κ3) is 7.15. The average molecular weight is 362 g/mol. The van der Waals surface area contributed by atoms with Crippen molar-refractivity contribution in [1.29, 1.82) is 0 Å². The third-order valence-electron chi connectivity index (χ3n) is 5.74. The first kappa shape index (κ1) is 19.9. The minimum atomic E-state index is -0.707. The second kappa shape index (κ2) is 11.2. The minimum absolute atomic E-state index is 0.318. The first-order valence-corrected chi connectivity index (χ1v) is 11.2. The average Bonchev–Trinajstić information content (AvgIpc) is 3.23. The van der Waals surface area contributed by atoms with Crippen LogP contribution in [0.5, 0.6) is 0 Å². The summed E-state index contributed by atoms with van der Waals surface area (Å²) in [4.78, 5) is 0. The lowest BCUT2D eigenvalue weighted by Crippen LogP contribution is -2.30. The van der Waals surface area contributed by atoms with E-state index in [4.69, 9.17) is 0 Å². The van der Waals surface area contributed by atoms with Gasteiger partial charge in [0.2, 0.25) is 0 Å². The van der Waals surface area contributed by atoms with Crippen LogP contribution in [-0.4, -0.2) is 46.3 Å². The molecular formula is C18H35NO2S2. The Hall–Kier alpha value is 0.580. The van der Waals surface area contributed by atoms with Crippen LogP contribution in [0, 0.1) is 17.8 Å². The van der Waals surface area contributed by atoms with E-state index in [0.717, 1.165) is 30.2 Å². The molecule has 2 aliphatic rings. The van der Waals surface area contributed by atoms with Crippen LogP contribution in [0.4, 0.5) is 0 Å². The van der Waals surface area contributed by atoms with Crippen molar-refractivity contribution in [3.8, 4) is 0 Å². The molecule has 0 radical (unpaired) electrons. The minimum Gasteiger partial charge on any atom is -0.390 e. The Balaban J connectivity index is 1.42. The predicted molar refractivity (Wildman–Crippen MR) is 103 cm³/mol. The van der Waals surface area contributed by atoms with Crippen LogP contribution in [0.2, 0.25) is 0 Å². The SMILES string of the molecule is OC(CS)C(O)CSCNCCCC1CCC(C2CCCC2)C1. The van der Waals surface area contributed by atoms with Gasteiger partial charge >= 0.3 is 0 Å². The zero-order valence-electron chi connectivity index (χ0n) is 14.3. The summed E-state index contributed by atoms with van der Waals surface area (Å²) in [6.07, 6.45) is 11.7. The number of hydrogen-bond acceptors (Lipinski definition) is 5. The molecule has 0 bridgehead atoms. The van der Waals surface area contributed by atoms with Gasteiger partial charge in [0.1, 0.15) is 0 Å². The number of thioether (sulfide) groups is 1. The van der Waals surface area contributed by atoms with Crippen molar-refractivity contribution in [2.45, 2.75) is 70.0 Å². The van der Waals surface area contributed by atoms with Gasteiger partial charge in [-0.3, -0.25) is 0 Å². The van der Waals surface area contributed by atoms with Gasteiger partial charge in [0.15, 0.2) is 0 Å². The fourth-order valence-electron chi connectivity index (χ4n) is 4.31. The molecule has 2 fully saturated rings. The molecule has 0 amide bonds. The molecule has 3 N–H and O–H groups in total. The smallest absolute Gasteiger partial charge is 0.0897 e. The van der Waals surface area contributed by atoms with E-state index in [9.17, 15) is 10.2 Å². The highest BCUT2D eigenvalue weighted by Crippen LogP contribution is 2.43. The highest BCUT2D eigenvalue weighted by molar-refractivity contribution is 7.99. The molecule has 0 saturated heterocycles. The van der Waals surface area contributed by atoms with Crippen LogP contribution in [0.3, 0.4) is 0 Å². The summed E-state index contributed by atoms with van der Waals surface area (Å²) in [6, 6.07) is 0. The molecule has 4 unspecified atom stereocenters. The van der Waals surface area contributed by atoms with Crippen molar-refractivity contribution in [2.24, 2.45) is 17.8 Å². The van der Waals surface area contributed by atoms with E-state index in [2.05, 4.69) is 17.9 Å². The third-order valence-corrected chi connectivity index (χ3v) is 7.10. The molecule has 0 spiro atoms. The summed E-state index contributed by atoms with van der Waals surface area (Å²) in [6.45, 7) is 1.07. The van der Waals surface area contributed by atoms with Gasteiger partial charge < -0.3 is 15.5 Å². The number of nitrogens with one attached hydrogen (secondary N) is 1. The van der Waals surface area contributed by atoms with Crippen molar-refractivity contribution >= 4 is 24.4 Å². The van der Waals surface area contributed by atoms with Gasteiger partial charge in [-0.1, -0.05) is 32.1 Å². The van der Waals surface area contributed by atoms with Gasteiger partial charge in [-0.15, -0.1) is 11.8 Å². The van der Waals surface area contributed by atoms with Crippen LogP contribution in [0.25, 0.3) is 0 Å². The molecule has 2 aliphatic carbocycles. The Morgan fingerprint density at radius 1 is 1.04 bits per heavy atom. The lowest BCUT2D eigenvalue weighted by Gasteiger charge is -2.18. The highest BCUT2D eigenvalue weighted by Gasteiger charge is 2.31. The van der Waals surface area contributed by atoms with E-state index >= 15 is 0 Å². The Kier molecular flexibility index (Phi) is 9.73. The normalized spacial score (nSPS) is 28.3. The second-order valence-corrected chi connectivity index (χ2v) is 8.85. The maximum absolute atomic E-state index is 9.63. The van der Waals surface area contributed by atoms with Gasteiger partial charge in [-0.05, 0) is 50.0 Å². The number of rotatable bonds is 11. The maximum atomic E-state index is 9.63. The molecule has 5 heteroatoms. The van der Waals surface area contributed by atoms with Crippen molar-refractivity contribution < 1.29 is 10.2 Å². The van der Waals surface area contributed by atoms with Crippen molar-refractivity contribution in [3.63, 3.8) is 0 Å². The van der Waals surface area contributed by atoms with Crippen LogP contribution in [0.1, 0.15) is 57.8 Å². The molecule has 0 aromatic carbocycles. The molecule has 136 valence electrons. The summed E-state index contributed by atoms with van der Waals surface area (Å²) in [5, 5.41) is 22.5. The van der Waals surface area contributed by atoms with E-state index in [1.165, 1.54) is 57.8 Å². The van der Waals surface area contributed by atoms with E-state index < -0.39 is 12.2 Å². The Labute approximate surface area is 151 Å². The van der Waals surface area contributed by atoms with Gasteiger partial charge in [0.05, 0.1) is 12.2 Å². The lowest BCUT2D eigenvalue weighted by molar-refractivity contribution is 0.0502. The van der Waals surface area contributed by atoms with Crippen LogP contribution < -0.4 is 5.32 Å². The summed E-state index contributed by atoms with van der Waals surface area (Å²) >= 11 is 5.64. The van der Waals surface area contributed by atoms with Crippen LogP contribution >= 0.6 is 24.4 Å². The number of hydrogen-bond donors (Lipinski definition) is 4. The molecule has 0 aromatic heterocycles. The maximum Gasteiger partial charge on any atom is 0.0897 e. The number of aliphatic hydroxyl groups excluding tert-OH is 2. The first-order chi connectivity index (χ1) is 11.2. The largest absolute Gasteiger partial charge is 0.390 e. The summed E-state index contributed by atoms with van der Waals surface area (Å²) in [7, 11) is 0. The summed E-state index contributed by atoms with van der Waals surface area (Å²) in [5.74, 6) is 4.83. The Morgan fingerprint density at radius 3 is 2.57 bits per heavy atom. The molecule has 3 nitrogen and oxygen atoms in total. The van der Waals surface area contributed by atoms with E-state index in [0.29, 0.717) is 11.5 Å². The molecule has 0 heterocycles. The van der Waals surface area contributed by atoms with Crippen molar-refractivity contribution in [3.05, 3.63) is 0 Å². The van der Waals surface area contributed by atoms with Gasteiger partial charge in [0.25, 0.3) is 0 Å². The van der Waals surface area contributed by atoms with Gasteiger partial charge in [-0.25, -0.2) is 0 Å². The zero-order valence-corrected chi connectivity index (χ0v) is 16.0. The quantitative estimate of drug-likeness (QED) is 0.259. The van der Waals surface area contributed by atoms with Crippen LogP contribution in [0.15, 0.2) is 0 Å². The molecule has 0 aliphatic heterocycles. The van der Waals surface area contributed by atoms with Crippen molar-refractivity contribution in [2.75, 3.05) is 23.9 Å².